The van der Waals surface area contributed by atoms with Gasteiger partial charge in [0.1, 0.15) is 0 Å². The second-order valence-corrected chi connectivity index (χ2v) is 4.44. The highest BCUT2D eigenvalue weighted by molar-refractivity contribution is 5.94. The molecule has 1 aromatic carbocycles. The van der Waals surface area contributed by atoms with Crippen molar-refractivity contribution in [3.63, 3.8) is 0 Å². The molecule has 0 bridgehead atoms. The number of hydrogen-bond acceptors (Lipinski definition) is 3. The summed E-state index contributed by atoms with van der Waals surface area (Å²) in [5.41, 5.74) is 6.93. The van der Waals surface area contributed by atoms with E-state index in [1.165, 1.54) is 0 Å². The Morgan fingerprint density at radius 2 is 2.11 bits per heavy atom. The Bertz CT molecular complexity index is 388. The van der Waals surface area contributed by atoms with Crippen LogP contribution < -0.4 is 5.73 Å². The zero-order valence-electron chi connectivity index (χ0n) is 10.5. The number of halogens is 1. The Kier molecular flexibility index (Phi) is 5.44. The van der Waals surface area contributed by atoms with E-state index >= 15 is 0 Å². The molecule has 1 heterocycles. The number of carbonyl (C=O) groups excluding carboxylic acids is 1. The number of anilines is 1. The van der Waals surface area contributed by atoms with Crippen LogP contribution in [0.1, 0.15) is 23.2 Å². The van der Waals surface area contributed by atoms with E-state index in [1.54, 1.807) is 36.2 Å². The first-order valence-electron chi connectivity index (χ1n) is 5.89. The van der Waals surface area contributed by atoms with Crippen molar-refractivity contribution in [3.8, 4) is 0 Å². The minimum atomic E-state index is 0. The van der Waals surface area contributed by atoms with Gasteiger partial charge in [0.05, 0.1) is 6.10 Å². The third kappa shape index (κ3) is 3.62. The molecule has 1 atom stereocenters. The molecule has 1 saturated heterocycles. The zero-order valence-corrected chi connectivity index (χ0v) is 11.3. The van der Waals surface area contributed by atoms with Gasteiger partial charge in [-0.3, -0.25) is 4.79 Å². The van der Waals surface area contributed by atoms with Gasteiger partial charge in [-0.2, -0.15) is 0 Å². The maximum atomic E-state index is 12.1. The minimum absolute atomic E-state index is 0. The van der Waals surface area contributed by atoms with Crippen molar-refractivity contribution < 1.29 is 9.53 Å². The molecule has 0 radical (unpaired) electrons. The summed E-state index contributed by atoms with van der Waals surface area (Å²) >= 11 is 0. The third-order valence-corrected chi connectivity index (χ3v) is 3.01. The molecular weight excluding hydrogens is 252 g/mol. The van der Waals surface area contributed by atoms with Gasteiger partial charge in [0.2, 0.25) is 0 Å². The molecule has 100 valence electrons. The summed E-state index contributed by atoms with van der Waals surface area (Å²) in [5.74, 6) is 0.0144. The highest BCUT2D eigenvalue weighted by Gasteiger charge is 2.20. The van der Waals surface area contributed by atoms with Crippen molar-refractivity contribution in [2.75, 3.05) is 25.9 Å². The van der Waals surface area contributed by atoms with Crippen LogP contribution in [0.4, 0.5) is 5.69 Å². The summed E-state index contributed by atoms with van der Waals surface area (Å²) in [5, 5.41) is 0. The minimum Gasteiger partial charge on any atom is -0.399 e. The smallest absolute Gasteiger partial charge is 0.253 e. The number of carbonyl (C=O) groups is 1. The molecule has 2 rings (SSSR count). The number of nitrogens with zero attached hydrogens (tertiary/aromatic N) is 1. The maximum Gasteiger partial charge on any atom is 0.253 e. The second-order valence-electron chi connectivity index (χ2n) is 4.44. The Balaban J connectivity index is 0.00000162. The highest BCUT2D eigenvalue weighted by Crippen LogP contribution is 2.14. The molecule has 4 nitrogen and oxygen atoms in total. The Morgan fingerprint density at radius 1 is 1.44 bits per heavy atom. The molecular formula is C13H19ClN2O2. The monoisotopic (exact) mass is 270 g/mol. The normalized spacial score (nSPS) is 18.2. The van der Waals surface area contributed by atoms with E-state index in [0.717, 1.165) is 19.4 Å². The van der Waals surface area contributed by atoms with Crippen LogP contribution in [0.2, 0.25) is 0 Å². The van der Waals surface area contributed by atoms with E-state index in [9.17, 15) is 4.79 Å². The molecule has 2 N–H and O–H groups in total. The molecule has 5 heteroatoms. The van der Waals surface area contributed by atoms with E-state index in [4.69, 9.17) is 10.5 Å². The summed E-state index contributed by atoms with van der Waals surface area (Å²) in [6.45, 7) is 1.47. The number of amides is 1. The zero-order chi connectivity index (χ0) is 12.3. The number of rotatable bonds is 3. The van der Waals surface area contributed by atoms with E-state index < -0.39 is 0 Å². The number of nitrogen functional groups attached to an aromatic ring is 1. The van der Waals surface area contributed by atoms with E-state index in [2.05, 4.69) is 0 Å². The van der Waals surface area contributed by atoms with Gasteiger partial charge in [-0.25, -0.2) is 0 Å². The maximum absolute atomic E-state index is 12.1. The van der Waals surface area contributed by atoms with Crippen LogP contribution in [0.15, 0.2) is 24.3 Å². The average molecular weight is 271 g/mol. The van der Waals surface area contributed by atoms with Gasteiger partial charge in [-0.1, -0.05) is 0 Å². The Morgan fingerprint density at radius 3 is 2.67 bits per heavy atom. The summed E-state index contributed by atoms with van der Waals surface area (Å²) in [6, 6.07) is 6.99. The summed E-state index contributed by atoms with van der Waals surface area (Å²) in [6.07, 6.45) is 2.33. The highest BCUT2D eigenvalue weighted by atomic mass is 35.5. The number of nitrogens with two attached hydrogens (primary N) is 1. The molecule has 1 amide bonds. The topological polar surface area (TPSA) is 55.6 Å². The third-order valence-electron chi connectivity index (χ3n) is 3.01. The molecule has 0 saturated carbocycles. The molecule has 1 fully saturated rings. The molecule has 0 aromatic heterocycles. The lowest BCUT2D eigenvalue weighted by Gasteiger charge is -2.20. The predicted molar refractivity (Wildman–Crippen MR) is 74.0 cm³/mol. The quantitative estimate of drug-likeness (QED) is 0.854. The van der Waals surface area contributed by atoms with Crippen molar-refractivity contribution in [1.82, 2.24) is 4.90 Å². The fourth-order valence-electron chi connectivity index (χ4n) is 2.02. The Labute approximate surface area is 114 Å². The lowest BCUT2D eigenvalue weighted by molar-refractivity contribution is 0.0587. The van der Waals surface area contributed by atoms with Gasteiger partial charge in [0.15, 0.2) is 0 Å². The van der Waals surface area contributed by atoms with Gasteiger partial charge in [0.25, 0.3) is 5.91 Å². The van der Waals surface area contributed by atoms with Gasteiger partial charge in [-0.05, 0) is 37.1 Å². The summed E-state index contributed by atoms with van der Waals surface area (Å²) in [4.78, 5) is 13.8. The number of ether oxygens (including phenoxy) is 1. The van der Waals surface area contributed by atoms with Crippen LogP contribution in [0.3, 0.4) is 0 Å². The second kappa shape index (κ2) is 6.61. The van der Waals surface area contributed by atoms with Crippen LogP contribution in [-0.4, -0.2) is 37.1 Å². The molecule has 0 aliphatic carbocycles. The average Bonchev–Trinajstić information content (AvgIpc) is 2.82. The van der Waals surface area contributed by atoms with Crippen LogP contribution in [0.5, 0.6) is 0 Å². The SMILES string of the molecule is CN(CC1CCCO1)C(=O)c1ccc(N)cc1.Cl. The van der Waals surface area contributed by atoms with Crippen LogP contribution in [0, 0.1) is 0 Å². The van der Waals surface area contributed by atoms with E-state index in [-0.39, 0.29) is 24.4 Å². The molecule has 1 aliphatic heterocycles. The number of hydrogen-bond donors (Lipinski definition) is 1. The van der Waals surface area contributed by atoms with Gasteiger partial charge in [0, 0.05) is 31.5 Å². The molecule has 0 spiro atoms. The lowest BCUT2D eigenvalue weighted by Crippen LogP contribution is -2.34. The fraction of sp³-hybridized carbons (Fsp3) is 0.462. The van der Waals surface area contributed by atoms with Crippen LogP contribution >= 0.6 is 12.4 Å². The first kappa shape index (κ1) is 14.8. The van der Waals surface area contributed by atoms with Crippen LogP contribution in [-0.2, 0) is 4.74 Å². The first-order chi connectivity index (χ1) is 8.16. The molecule has 1 aromatic rings. The number of likely N-dealkylation sites (N-methyl/N-ethyl adjacent to an activating group) is 1. The van der Waals surface area contributed by atoms with E-state index in [0.29, 0.717) is 17.8 Å². The van der Waals surface area contributed by atoms with Crippen molar-refractivity contribution >= 4 is 24.0 Å². The van der Waals surface area contributed by atoms with Gasteiger partial charge < -0.3 is 15.4 Å². The fourth-order valence-corrected chi connectivity index (χ4v) is 2.02. The van der Waals surface area contributed by atoms with Crippen molar-refractivity contribution in [2.24, 2.45) is 0 Å². The van der Waals surface area contributed by atoms with E-state index in [1.807, 2.05) is 0 Å². The van der Waals surface area contributed by atoms with Crippen molar-refractivity contribution in [1.29, 1.82) is 0 Å². The van der Waals surface area contributed by atoms with Crippen LogP contribution in [0.25, 0.3) is 0 Å². The largest absolute Gasteiger partial charge is 0.399 e. The lowest BCUT2D eigenvalue weighted by atomic mass is 10.1. The van der Waals surface area contributed by atoms with Gasteiger partial charge >= 0.3 is 0 Å². The number of benzene rings is 1. The standard InChI is InChI=1S/C13H18N2O2.ClH/c1-15(9-12-3-2-8-17-12)13(16)10-4-6-11(14)7-5-10;/h4-7,12H,2-3,8-9,14H2,1H3;1H. The molecule has 18 heavy (non-hydrogen) atoms. The molecule has 1 unspecified atom stereocenters. The first-order valence-corrected chi connectivity index (χ1v) is 5.89. The predicted octanol–water partition coefficient (Wildman–Crippen LogP) is 1.94. The Hall–Kier alpha value is -1.26. The van der Waals surface area contributed by atoms with Crippen molar-refractivity contribution in [2.45, 2.75) is 18.9 Å². The summed E-state index contributed by atoms with van der Waals surface area (Å²) in [7, 11) is 1.81. The van der Waals surface area contributed by atoms with Crippen molar-refractivity contribution in [3.05, 3.63) is 29.8 Å². The van der Waals surface area contributed by atoms with Gasteiger partial charge in [-0.15, -0.1) is 12.4 Å². The molecule has 1 aliphatic rings. The summed E-state index contributed by atoms with van der Waals surface area (Å²) < 4.78 is 5.51.